The maximum Gasteiger partial charge on any atom is 0.416 e. The summed E-state index contributed by atoms with van der Waals surface area (Å²) in [7, 11) is 0. The molecule has 6 heteroatoms. The summed E-state index contributed by atoms with van der Waals surface area (Å²) in [5.41, 5.74) is -0.00253. The van der Waals surface area contributed by atoms with E-state index < -0.39 is 11.7 Å². The highest BCUT2D eigenvalue weighted by molar-refractivity contribution is 5.78. The summed E-state index contributed by atoms with van der Waals surface area (Å²) in [5.74, 6) is -0.181. The summed E-state index contributed by atoms with van der Waals surface area (Å²) < 4.78 is 43.2. The molecule has 3 nitrogen and oxygen atoms in total. The van der Waals surface area contributed by atoms with Gasteiger partial charge in [0.2, 0.25) is 5.91 Å². The van der Waals surface area contributed by atoms with E-state index in [0.29, 0.717) is 31.7 Å². The molecule has 0 unspecified atom stereocenters. The van der Waals surface area contributed by atoms with Crippen LogP contribution in [0.5, 0.6) is 0 Å². The second-order valence-electron chi connectivity index (χ2n) is 5.66. The molecule has 2 rings (SSSR count). The Labute approximate surface area is 127 Å². The maximum atomic E-state index is 12.7. The average molecular weight is 315 g/mol. The van der Waals surface area contributed by atoms with Crippen molar-refractivity contribution in [3.05, 3.63) is 35.4 Å². The molecule has 22 heavy (non-hydrogen) atoms. The minimum Gasteiger partial charge on any atom is -0.381 e. The van der Waals surface area contributed by atoms with E-state index in [0.717, 1.165) is 12.5 Å². The third-order valence-electron chi connectivity index (χ3n) is 3.96. The predicted molar refractivity (Wildman–Crippen MR) is 76.4 cm³/mol. The first-order chi connectivity index (χ1) is 10.4. The highest BCUT2D eigenvalue weighted by Gasteiger charge is 2.30. The van der Waals surface area contributed by atoms with Gasteiger partial charge in [-0.3, -0.25) is 4.79 Å². The van der Waals surface area contributed by atoms with Gasteiger partial charge in [0.15, 0.2) is 0 Å². The first-order valence-electron chi connectivity index (χ1n) is 7.40. The van der Waals surface area contributed by atoms with Crippen molar-refractivity contribution >= 4 is 5.91 Å². The molecule has 1 N–H and O–H groups in total. The largest absolute Gasteiger partial charge is 0.416 e. The van der Waals surface area contributed by atoms with Crippen LogP contribution in [0.25, 0.3) is 0 Å². The fourth-order valence-electron chi connectivity index (χ4n) is 2.49. The Hall–Kier alpha value is -1.56. The average Bonchev–Trinajstić information content (AvgIpc) is 3.00. The monoisotopic (exact) mass is 315 g/mol. The molecule has 0 spiro atoms. The van der Waals surface area contributed by atoms with Gasteiger partial charge in [0.05, 0.1) is 18.1 Å². The molecule has 1 aliphatic heterocycles. The molecule has 1 fully saturated rings. The third-order valence-corrected chi connectivity index (χ3v) is 3.96. The Kier molecular flexibility index (Phi) is 5.45. The number of benzene rings is 1. The molecular formula is C16H20F3NO2. The van der Waals surface area contributed by atoms with Crippen molar-refractivity contribution in [3.63, 3.8) is 0 Å². The van der Waals surface area contributed by atoms with Gasteiger partial charge in [-0.1, -0.05) is 25.1 Å². The number of hydrogen-bond acceptors (Lipinski definition) is 2. The van der Waals surface area contributed by atoms with Crippen LogP contribution in [-0.4, -0.2) is 25.7 Å². The van der Waals surface area contributed by atoms with Gasteiger partial charge in [0, 0.05) is 13.2 Å². The summed E-state index contributed by atoms with van der Waals surface area (Å²) >= 11 is 0. The van der Waals surface area contributed by atoms with Crippen molar-refractivity contribution in [2.75, 3.05) is 19.8 Å². The number of carbonyl (C=O) groups excluding carboxylic acids is 1. The Balaban J connectivity index is 1.84. The summed E-state index contributed by atoms with van der Waals surface area (Å²) in [6.07, 6.45) is -3.00. The lowest BCUT2D eigenvalue weighted by molar-refractivity contribution is -0.137. The molecule has 1 heterocycles. The molecule has 1 aliphatic rings. The Morgan fingerprint density at radius 2 is 2.23 bits per heavy atom. The van der Waals surface area contributed by atoms with Gasteiger partial charge in [0.25, 0.3) is 0 Å². The van der Waals surface area contributed by atoms with Crippen molar-refractivity contribution in [3.8, 4) is 0 Å². The first-order valence-corrected chi connectivity index (χ1v) is 7.40. The third kappa shape index (κ3) is 4.47. The molecule has 122 valence electrons. The summed E-state index contributed by atoms with van der Waals surface area (Å²) in [5, 5.41) is 2.83. The molecule has 0 saturated carbocycles. The number of alkyl halides is 3. The van der Waals surface area contributed by atoms with E-state index in [1.54, 1.807) is 6.07 Å². The van der Waals surface area contributed by atoms with E-state index in [2.05, 4.69) is 5.32 Å². The van der Waals surface area contributed by atoms with Gasteiger partial charge >= 0.3 is 6.18 Å². The summed E-state index contributed by atoms with van der Waals surface area (Å²) in [6.45, 7) is 3.38. The van der Waals surface area contributed by atoms with Crippen LogP contribution in [-0.2, 0) is 15.7 Å². The van der Waals surface area contributed by atoms with Gasteiger partial charge in [-0.2, -0.15) is 13.2 Å². The molecule has 1 aromatic carbocycles. The molecule has 1 saturated heterocycles. The van der Waals surface area contributed by atoms with Crippen molar-refractivity contribution in [2.24, 2.45) is 5.92 Å². The highest BCUT2D eigenvalue weighted by Crippen LogP contribution is 2.31. The summed E-state index contributed by atoms with van der Waals surface area (Å²) in [6, 6.07) is 5.35. The molecule has 1 amide bonds. The smallest absolute Gasteiger partial charge is 0.381 e. The van der Waals surface area contributed by atoms with E-state index in [1.807, 2.05) is 6.92 Å². The normalized spacial score (nSPS) is 19.9. The topological polar surface area (TPSA) is 38.3 Å². The molecule has 0 radical (unpaired) electrons. The first kappa shape index (κ1) is 16.8. The van der Waals surface area contributed by atoms with E-state index >= 15 is 0 Å². The molecular weight excluding hydrogens is 295 g/mol. The Bertz CT molecular complexity index is 510. The Morgan fingerprint density at radius 1 is 1.45 bits per heavy atom. The lowest BCUT2D eigenvalue weighted by Gasteiger charge is -2.15. The number of nitrogens with one attached hydrogen (secondary N) is 1. The van der Waals surface area contributed by atoms with Crippen LogP contribution >= 0.6 is 0 Å². The van der Waals surface area contributed by atoms with Crippen LogP contribution in [0.15, 0.2) is 24.3 Å². The SMILES string of the molecule is C[C@@H](CCNC(=O)[C@@H]1CCOC1)c1cccc(C(F)(F)F)c1. The number of rotatable bonds is 5. The predicted octanol–water partition coefficient (Wildman–Crippen LogP) is 3.35. The number of ether oxygens (including phenoxy) is 1. The van der Waals surface area contributed by atoms with E-state index in [9.17, 15) is 18.0 Å². The number of halogens is 3. The van der Waals surface area contributed by atoms with Crippen molar-refractivity contribution in [2.45, 2.75) is 31.9 Å². The van der Waals surface area contributed by atoms with Crippen molar-refractivity contribution in [1.29, 1.82) is 0 Å². The van der Waals surface area contributed by atoms with Crippen molar-refractivity contribution < 1.29 is 22.7 Å². The van der Waals surface area contributed by atoms with E-state index in [-0.39, 0.29) is 17.7 Å². The minimum absolute atomic E-state index is 0.0336. The molecule has 0 bridgehead atoms. The van der Waals surface area contributed by atoms with Crippen LogP contribution in [0.4, 0.5) is 13.2 Å². The van der Waals surface area contributed by atoms with Gasteiger partial charge in [-0.05, 0) is 30.4 Å². The second kappa shape index (κ2) is 7.13. The zero-order valence-corrected chi connectivity index (χ0v) is 12.5. The van der Waals surface area contributed by atoms with Crippen LogP contribution < -0.4 is 5.32 Å². The van der Waals surface area contributed by atoms with Gasteiger partial charge in [-0.25, -0.2) is 0 Å². The quantitative estimate of drug-likeness (QED) is 0.905. The zero-order chi connectivity index (χ0) is 16.2. The maximum absolute atomic E-state index is 12.7. The molecule has 0 aliphatic carbocycles. The van der Waals surface area contributed by atoms with Crippen LogP contribution in [0.2, 0.25) is 0 Å². The van der Waals surface area contributed by atoms with E-state index in [4.69, 9.17) is 4.74 Å². The lowest BCUT2D eigenvalue weighted by Crippen LogP contribution is -2.32. The molecule has 1 aromatic rings. The summed E-state index contributed by atoms with van der Waals surface area (Å²) in [4.78, 5) is 11.8. The second-order valence-corrected chi connectivity index (χ2v) is 5.66. The lowest BCUT2D eigenvalue weighted by atomic mass is 9.96. The van der Waals surface area contributed by atoms with Crippen molar-refractivity contribution in [1.82, 2.24) is 5.32 Å². The van der Waals surface area contributed by atoms with E-state index in [1.165, 1.54) is 12.1 Å². The standard InChI is InChI=1S/C16H20F3NO2/c1-11(5-7-20-15(21)13-6-8-22-10-13)12-3-2-4-14(9-12)16(17,18)19/h2-4,9,11,13H,5-8,10H2,1H3,(H,20,21)/t11-,13+/m0/s1. The van der Waals surface area contributed by atoms with Crippen LogP contribution in [0.1, 0.15) is 36.8 Å². The fraction of sp³-hybridized carbons (Fsp3) is 0.562. The fourth-order valence-corrected chi connectivity index (χ4v) is 2.49. The minimum atomic E-state index is -4.33. The number of amides is 1. The van der Waals surface area contributed by atoms with Crippen LogP contribution in [0.3, 0.4) is 0 Å². The number of carbonyl (C=O) groups is 1. The van der Waals surface area contributed by atoms with Gasteiger partial charge in [0.1, 0.15) is 0 Å². The molecule has 2 atom stereocenters. The van der Waals surface area contributed by atoms with Gasteiger partial charge < -0.3 is 10.1 Å². The highest BCUT2D eigenvalue weighted by atomic mass is 19.4. The Morgan fingerprint density at radius 3 is 2.86 bits per heavy atom. The van der Waals surface area contributed by atoms with Gasteiger partial charge in [-0.15, -0.1) is 0 Å². The zero-order valence-electron chi connectivity index (χ0n) is 12.5. The number of hydrogen-bond donors (Lipinski definition) is 1. The van der Waals surface area contributed by atoms with Crippen LogP contribution in [0, 0.1) is 5.92 Å². The molecule has 0 aromatic heterocycles.